The van der Waals surface area contributed by atoms with Gasteiger partial charge in [-0.25, -0.2) is 9.79 Å². The maximum Gasteiger partial charge on any atom is 0.351 e. The Bertz CT molecular complexity index is 1210. The number of benzene rings is 3. The molecule has 0 aliphatic carbocycles. The highest BCUT2D eigenvalue weighted by molar-refractivity contribution is 6.27. The lowest BCUT2D eigenvalue weighted by Crippen LogP contribution is -2.46. The van der Waals surface area contributed by atoms with Gasteiger partial charge in [-0.2, -0.15) is 0 Å². The number of carbonyl (C=O) groups excluding carboxylic acids is 1. The van der Waals surface area contributed by atoms with Crippen molar-refractivity contribution in [3.05, 3.63) is 106 Å². The van der Waals surface area contributed by atoms with E-state index in [-0.39, 0.29) is 5.90 Å². The zero-order valence-electron chi connectivity index (χ0n) is 17.6. The van der Waals surface area contributed by atoms with Crippen LogP contribution in [0.4, 0.5) is 0 Å². The molecule has 3 aromatic rings. The van der Waals surface area contributed by atoms with Crippen molar-refractivity contribution in [2.24, 2.45) is 10.1 Å². The van der Waals surface area contributed by atoms with E-state index in [4.69, 9.17) is 14.6 Å². The van der Waals surface area contributed by atoms with E-state index in [1.165, 1.54) is 0 Å². The summed E-state index contributed by atoms with van der Waals surface area (Å²) in [6.07, 6.45) is -0.711. The van der Waals surface area contributed by atoms with E-state index in [1.54, 1.807) is 0 Å². The van der Waals surface area contributed by atoms with E-state index in [2.05, 4.69) is 24.2 Å². The topological polar surface area (TPSA) is 60.3 Å². The summed E-state index contributed by atoms with van der Waals surface area (Å²) in [4.78, 5) is 24.3. The quantitative estimate of drug-likeness (QED) is 0.581. The van der Waals surface area contributed by atoms with Gasteiger partial charge in [-0.15, -0.1) is 0 Å². The van der Waals surface area contributed by atoms with Crippen LogP contribution >= 0.6 is 0 Å². The first kappa shape index (κ1) is 19.2. The monoisotopic (exact) mass is 410 g/mol. The largest absolute Gasteiger partial charge is 0.405 e. The molecule has 0 saturated heterocycles. The van der Waals surface area contributed by atoms with E-state index in [1.807, 2.05) is 74.5 Å². The number of ether oxygens (including phenoxy) is 1. The Morgan fingerprint density at radius 2 is 1.48 bits per heavy atom. The van der Waals surface area contributed by atoms with Gasteiger partial charge in [0.1, 0.15) is 5.71 Å². The second kappa shape index (κ2) is 7.20. The predicted octanol–water partition coefficient (Wildman–Crippen LogP) is 4.83. The second-order valence-electron chi connectivity index (χ2n) is 8.05. The molecule has 0 unspecified atom stereocenters. The molecule has 5 nitrogen and oxygen atoms in total. The predicted molar refractivity (Wildman–Crippen MR) is 119 cm³/mol. The van der Waals surface area contributed by atoms with Gasteiger partial charge >= 0.3 is 5.97 Å². The Kier molecular flexibility index (Phi) is 4.47. The van der Waals surface area contributed by atoms with Gasteiger partial charge < -0.3 is 9.57 Å². The number of aliphatic imine (C=N–C) groups is 1. The molecule has 31 heavy (non-hydrogen) atoms. The normalized spacial score (nSPS) is 22.2. The first-order valence-corrected chi connectivity index (χ1v) is 10.3. The van der Waals surface area contributed by atoms with Crippen molar-refractivity contribution in [3.8, 4) is 0 Å². The first-order chi connectivity index (χ1) is 15.0. The van der Waals surface area contributed by atoms with Crippen molar-refractivity contribution >= 4 is 17.6 Å². The molecule has 0 N–H and O–H groups in total. The van der Waals surface area contributed by atoms with Gasteiger partial charge in [0, 0.05) is 11.1 Å². The van der Waals surface area contributed by atoms with Crippen molar-refractivity contribution in [3.63, 3.8) is 0 Å². The van der Waals surface area contributed by atoms with Crippen LogP contribution in [0.1, 0.15) is 39.5 Å². The third-order valence-electron chi connectivity index (χ3n) is 5.81. The van der Waals surface area contributed by atoms with Crippen LogP contribution in [-0.2, 0) is 14.4 Å². The molecule has 2 heterocycles. The molecule has 5 heteroatoms. The zero-order valence-corrected chi connectivity index (χ0v) is 17.6. The Balaban J connectivity index is 1.73. The minimum atomic E-state index is -1.41. The molecule has 5 rings (SSSR count). The van der Waals surface area contributed by atoms with Gasteiger partial charge in [0.15, 0.2) is 6.10 Å². The van der Waals surface area contributed by atoms with Gasteiger partial charge in [0.05, 0.1) is 0 Å². The molecule has 0 aromatic heterocycles. The summed E-state index contributed by atoms with van der Waals surface area (Å²) in [5.41, 5.74) is 4.70. The van der Waals surface area contributed by atoms with E-state index < -0.39 is 17.6 Å². The molecular formula is C26H22N2O3. The van der Waals surface area contributed by atoms with Crippen molar-refractivity contribution < 1.29 is 14.4 Å². The SMILES string of the molecule is Cc1cc(C)c(C2=NO[C@@H](c3ccccc3)[C@]23N=C(c2ccccc2)OC3=O)c(C)c1. The van der Waals surface area contributed by atoms with Gasteiger partial charge in [0.25, 0.3) is 5.54 Å². The Morgan fingerprint density at radius 1 is 0.871 bits per heavy atom. The molecule has 0 radical (unpaired) electrons. The number of oxime groups is 1. The fraction of sp³-hybridized carbons (Fsp3) is 0.192. The van der Waals surface area contributed by atoms with Crippen molar-refractivity contribution in [1.82, 2.24) is 0 Å². The Labute approximate surface area is 181 Å². The number of cyclic esters (lactones) is 1. The number of hydrogen-bond donors (Lipinski definition) is 0. The van der Waals surface area contributed by atoms with Crippen molar-refractivity contribution in [1.29, 1.82) is 0 Å². The molecule has 2 aliphatic heterocycles. The Hall–Kier alpha value is -3.73. The summed E-state index contributed by atoms with van der Waals surface area (Å²) in [6.45, 7) is 6.09. The fourth-order valence-electron chi connectivity index (χ4n) is 4.51. The van der Waals surface area contributed by atoms with E-state index in [9.17, 15) is 4.79 Å². The zero-order chi connectivity index (χ0) is 21.6. The molecule has 0 amide bonds. The molecule has 154 valence electrons. The van der Waals surface area contributed by atoms with Crippen LogP contribution in [0.2, 0.25) is 0 Å². The van der Waals surface area contributed by atoms with Gasteiger partial charge in [0.2, 0.25) is 5.90 Å². The fourth-order valence-corrected chi connectivity index (χ4v) is 4.51. The minimum absolute atomic E-state index is 0.284. The average molecular weight is 410 g/mol. The molecule has 0 saturated carbocycles. The molecule has 2 atom stereocenters. The lowest BCUT2D eigenvalue weighted by molar-refractivity contribution is -0.139. The van der Waals surface area contributed by atoms with Crippen molar-refractivity contribution in [2.75, 3.05) is 0 Å². The summed E-state index contributed by atoms with van der Waals surface area (Å²) in [5, 5.41) is 4.44. The summed E-state index contributed by atoms with van der Waals surface area (Å²) in [5.74, 6) is -0.192. The molecular weight excluding hydrogens is 388 g/mol. The third-order valence-corrected chi connectivity index (χ3v) is 5.81. The third kappa shape index (κ3) is 2.96. The van der Waals surface area contributed by atoms with E-state index >= 15 is 0 Å². The van der Waals surface area contributed by atoms with Gasteiger partial charge in [-0.3, -0.25) is 0 Å². The van der Waals surface area contributed by atoms with Crippen LogP contribution in [0.25, 0.3) is 0 Å². The highest BCUT2D eigenvalue weighted by Gasteiger charge is 2.62. The summed E-state index contributed by atoms with van der Waals surface area (Å²) < 4.78 is 5.74. The maximum absolute atomic E-state index is 13.5. The van der Waals surface area contributed by atoms with Crippen LogP contribution in [0.3, 0.4) is 0 Å². The standard InChI is InChI=1S/C26H22N2O3/c1-16-14-17(2)21(18(3)15-16)22-26(23(31-28-22)19-10-6-4-7-11-19)25(29)30-24(27-26)20-12-8-5-9-13-20/h4-15,23H,1-3H3/t23-,26+/m0/s1. The van der Waals surface area contributed by atoms with E-state index in [0.29, 0.717) is 5.71 Å². The van der Waals surface area contributed by atoms with Crippen LogP contribution in [-0.4, -0.2) is 23.1 Å². The Morgan fingerprint density at radius 3 is 2.13 bits per heavy atom. The first-order valence-electron chi connectivity index (χ1n) is 10.3. The number of hydrogen-bond acceptors (Lipinski definition) is 5. The summed E-state index contributed by atoms with van der Waals surface area (Å²) >= 11 is 0. The summed E-state index contributed by atoms with van der Waals surface area (Å²) in [7, 11) is 0. The average Bonchev–Trinajstić information content (AvgIpc) is 3.30. The summed E-state index contributed by atoms with van der Waals surface area (Å²) in [6, 6.07) is 23.2. The van der Waals surface area contributed by atoms with E-state index in [0.717, 1.165) is 33.4 Å². The lowest BCUT2D eigenvalue weighted by Gasteiger charge is -2.25. The number of esters is 1. The van der Waals surface area contributed by atoms with Gasteiger partial charge in [-0.05, 0) is 49.6 Å². The van der Waals surface area contributed by atoms with Crippen molar-refractivity contribution in [2.45, 2.75) is 32.4 Å². The van der Waals surface area contributed by atoms with Crippen LogP contribution < -0.4 is 0 Å². The molecule has 0 bridgehead atoms. The number of nitrogens with zero attached hydrogens (tertiary/aromatic N) is 2. The highest BCUT2D eigenvalue weighted by Crippen LogP contribution is 2.46. The molecule has 3 aromatic carbocycles. The highest BCUT2D eigenvalue weighted by atomic mass is 16.7. The maximum atomic E-state index is 13.5. The molecule has 2 aliphatic rings. The van der Waals surface area contributed by atoms with Crippen LogP contribution in [0.5, 0.6) is 0 Å². The smallest absolute Gasteiger partial charge is 0.351 e. The van der Waals surface area contributed by atoms with Crippen LogP contribution in [0, 0.1) is 20.8 Å². The molecule has 1 spiro atoms. The second-order valence-corrected chi connectivity index (χ2v) is 8.05. The number of rotatable bonds is 3. The number of carbonyl (C=O) groups is 1. The molecule has 0 fully saturated rings. The number of aryl methyl sites for hydroxylation is 3. The van der Waals surface area contributed by atoms with Gasteiger partial charge in [-0.1, -0.05) is 71.4 Å². The van der Waals surface area contributed by atoms with Crippen LogP contribution in [0.15, 0.2) is 82.9 Å². The minimum Gasteiger partial charge on any atom is -0.405 e. The lowest BCUT2D eigenvalue weighted by atomic mass is 9.79.